The summed E-state index contributed by atoms with van der Waals surface area (Å²) in [4.78, 5) is 26.7. The summed E-state index contributed by atoms with van der Waals surface area (Å²) in [7, 11) is 0. The lowest BCUT2D eigenvalue weighted by Gasteiger charge is -2.12. The van der Waals surface area contributed by atoms with E-state index in [-0.39, 0.29) is 11.1 Å². The van der Waals surface area contributed by atoms with Gasteiger partial charge in [0.15, 0.2) is 0 Å². The Morgan fingerprint density at radius 1 is 0.958 bits per heavy atom. The predicted octanol–water partition coefficient (Wildman–Crippen LogP) is 3.68. The minimum atomic E-state index is -1.02. The molecule has 3 N–H and O–H groups in total. The molecule has 120 valence electrons. The topological polar surface area (TPSA) is 99.5 Å². The molecule has 0 fully saturated rings. The van der Waals surface area contributed by atoms with Crippen molar-refractivity contribution >= 4 is 34.2 Å². The van der Waals surface area contributed by atoms with Gasteiger partial charge >= 0.3 is 11.9 Å². The molecule has 0 spiro atoms. The van der Waals surface area contributed by atoms with Crippen molar-refractivity contribution in [1.82, 2.24) is 4.98 Å². The highest BCUT2D eigenvalue weighted by Crippen LogP contribution is 2.28. The third kappa shape index (κ3) is 3.03. The second-order valence-corrected chi connectivity index (χ2v) is 5.36. The number of pyridine rings is 1. The number of aryl methyl sites for hydroxylation is 1. The van der Waals surface area contributed by atoms with Gasteiger partial charge in [0.2, 0.25) is 0 Å². The standard InChI is InChI=1S/C18H14N2O4/c1-10-7-16(20-13-4-2-3-11(8-13)17(21)22)14-9-12(18(23)24)5-6-15(14)19-10/h2-9H,1H3,(H,19,20)(H,21,22)(H,23,24). The van der Waals surface area contributed by atoms with Gasteiger partial charge in [-0.25, -0.2) is 9.59 Å². The first kappa shape index (κ1) is 15.5. The van der Waals surface area contributed by atoms with Crippen LogP contribution in [0.5, 0.6) is 0 Å². The summed E-state index contributed by atoms with van der Waals surface area (Å²) in [5, 5.41) is 22.1. The molecule has 0 atom stereocenters. The second-order valence-electron chi connectivity index (χ2n) is 5.36. The van der Waals surface area contributed by atoms with Crippen LogP contribution in [0.4, 0.5) is 11.4 Å². The first-order valence-electron chi connectivity index (χ1n) is 7.19. The molecular weight excluding hydrogens is 308 g/mol. The number of carbonyl (C=O) groups is 2. The Bertz CT molecular complexity index is 966. The summed E-state index contributed by atoms with van der Waals surface area (Å²) in [6.07, 6.45) is 0. The number of nitrogens with one attached hydrogen (secondary N) is 1. The molecule has 3 rings (SSSR count). The van der Waals surface area contributed by atoms with E-state index in [4.69, 9.17) is 5.11 Å². The Balaban J connectivity index is 2.11. The van der Waals surface area contributed by atoms with E-state index in [9.17, 15) is 14.7 Å². The largest absolute Gasteiger partial charge is 0.478 e. The number of anilines is 2. The van der Waals surface area contributed by atoms with Gasteiger partial charge in [0.05, 0.1) is 16.6 Å². The second kappa shape index (κ2) is 6.00. The number of carboxylic acid groups (broad SMARTS) is 2. The Morgan fingerprint density at radius 2 is 1.67 bits per heavy atom. The molecule has 1 heterocycles. The number of aromatic nitrogens is 1. The zero-order chi connectivity index (χ0) is 17.3. The van der Waals surface area contributed by atoms with Crippen LogP contribution in [0.3, 0.4) is 0 Å². The maximum atomic E-state index is 11.2. The average Bonchev–Trinajstić information content (AvgIpc) is 2.54. The van der Waals surface area contributed by atoms with Crippen LogP contribution in [0.25, 0.3) is 10.9 Å². The molecule has 0 aliphatic heterocycles. The zero-order valence-corrected chi connectivity index (χ0v) is 12.8. The van der Waals surface area contributed by atoms with E-state index in [1.165, 1.54) is 18.2 Å². The van der Waals surface area contributed by atoms with E-state index in [0.29, 0.717) is 22.3 Å². The monoisotopic (exact) mass is 322 g/mol. The van der Waals surface area contributed by atoms with E-state index < -0.39 is 11.9 Å². The number of carboxylic acids is 2. The molecule has 3 aromatic rings. The average molecular weight is 322 g/mol. The molecule has 2 aromatic carbocycles. The fraction of sp³-hybridized carbons (Fsp3) is 0.0556. The minimum absolute atomic E-state index is 0.162. The van der Waals surface area contributed by atoms with Gasteiger partial charge in [-0.15, -0.1) is 0 Å². The Kier molecular flexibility index (Phi) is 3.87. The van der Waals surface area contributed by atoms with Gasteiger partial charge in [-0.1, -0.05) is 6.07 Å². The number of hydrogen-bond donors (Lipinski definition) is 3. The smallest absolute Gasteiger partial charge is 0.335 e. The molecule has 0 radical (unpaired) electrons. The lowest BCUT2D eigenvalue weighted by atomic mass is 10.1. The molecule has 0 unspecified atom stereocenters. The highest BCUT2D eigenvalue weighted by Gasteiger charge is 2.10. The molecule has 0 bridgehead atoms. The van der Waals surface area contributed by atoms with Crippen LogP contribution in [0.1, 0.15) is 26.4 Å². The van der Waals surface area contributed by atoms with Crippen molar-refractivity contribution in [3.8, 4) is 0 Å². The fourth-order valence-electron chi connectivity index (χ4n) is 2.48. The molecule has 0 amide bonds. The summed E-state index contributed by atoms with van der Waals surface area (Å²) in [5.41, 5.74) is 3.03. The number of fused-ring (bicyclic) bond motifs is 1. The van der Waals surface area contributed by atoms with E-state index in [1.54, 1.807) is 30.3 Å². The zero-order valence-electron chi connectivity index (χ0n) is 12.8. The van der Waals surface area contributed by atoms with Crippen molar-refractivity contribution in [2.45, 2.75) is 6.92 Å². The van der Waals surface area contributed by atoms with Crippen molar-refractivity contribution in [2.75, 3.05) is 5.32 Å². The molecular formula is C18H14N2O4. The van der Waals surface area contributed by atoms with Crippen molar-refractivity contribution in [2.24, 2.45) is 0 Å². The Hall–Kier alpha value is -3.41. The van der Waals surface area contributed by atoms with Crippen molar-refractivity contribution < 1.29 is 19.8 Å². The number of nitrogens with zero attached hydrogens (tertiary/aromatic N) is 1. The van der Waals surface area contributed by atoms with Gasteiger partial charge in [0.1, 0.15) is 0 Å². The summed E-state index contributed by atoms with van der Waals surface area (Å²) < 4.78 is 0. The predicted molar refractivity (Wildman–Crippen MR) is 90.1 cm³/mol. The molecule has 6 nitrogen and oxygen atoms in total. The summed E-state index contributed by atoms with van der Waals surface area (Å²) in [5.74, 6) is -2.03. The maximum Gasteiger partial charge on any atom is 0.335 e. The molecule has 0 saturated heterocycles. The van der Waals surface area contributed by atoms with Gasteiger partial charge in [0, 0.05) is 22.5 Å². The van der Waals surface area contributed by atoms with E-state index >= 15 is 0 Å². The molecule has 0 saturated carbocycles. The van der Waals surface area contributed by atoms with Gasteiger partial charge < -0.3 is 15.5 Å². The third-order valence-electron chi connectivity index (χ3n) is 3.57. The molecule has 24 heavy (non-hydrogen) atoms. The summed E-state index contributed by atoms with van der Waals surface area (Å²) >= 11 is 0. The van der Waals surface area contributed by atoms with E-state index in [2.05, 4.69) is 10.3 Å². The fourth-order valence-corrected chi connectivity index (χ4v) is 2.48. The van der Waals surface area contributed by atoms with Crippen molar-refractivity contribution in [3.63, 3.8) is 0 Å². The maximum absolute atomic E-state index is 11.2. The number of hydrogen-bond acceptors (Lipinski definition) is 4. The summed E-state index contributed by atoms with van der Waals surface area (Å²) in [6, 6.07) is 12.9. The third-order valence-corrected chi connectivity index (χ3v) is 3.57. The van der Waals surface area contributed by atoms with Gasteiger partial charge in [0.25, 0.3) is 0 Å². The first-order valence-corrected chi connectivity index (χ1v) is 7.19. The number of aromatic carboxylic acids is 2. The Morgan fingerprint density at radius 3 is 2.38 bits per heavy atom. The first-order chi connectivity index (χ1) is 11.4. The minimum Gasteiger partial charge on any atom is -0.478 e. The van der Waals surface area contributed by atoms with Crippen LogP contribution >= 0.6 is 0 Å². The molecule has 6 heteroatoms. The van der Waals surface area contributed by atoms with Gasteiger partial charge in [-0.3, -0.25) is 4.98 Å². The van der Waals surface area contributed by atoms with E-state index in [1.807, 2.05) is 6.92 Å². The van der Waals surface area contributed by atoms with E-state index in [0.717, 1.165) is 5.69 Å². The van der Waals surface area contributed by atoms with Gasteiger partial charge in [-0.05, 0) is 49.4 Å². The van der Waals surface area contributed by atoms with Crippen LogP contribution in [0, 0.1) is 6.92 Å². The number of benzene rings is 2. The van der Waals surface area contributed by atoms with Crippen LogP contribution in [0.15, 0.2) is 48.5 Å². The molecule has 0 aliphatic carbocycles. The lowest BCUT2D eigenvalue weighted by Crippen LogP contribution is -2.00. The summed E-state index contributed by atoms with van der Waals surface area (Å²) in [6.45, 7) is 1.84. The van der Waals surface area contributed by atoms with Crippen molar-refractivity contribution in [1.29, 1.82) is 0 Å². The van der Waals surface area contributed by atoms with Crippen molar-refractivity contribution in [3.05, 3.63) is 65.4 Å². The van der Waals surface area contributed by atoms with Gasteiger partial charge in [-0.2, -0.15) is 0 Å². The highest BCUT2D eigenvalue weighted by molar-refractivity contribution is 5.99. The lowest BCUT2D eigenvalue weighted by molar-refractivity contribution is 0.0686. The quantitative estimate of drug-likeness (QED) is 0.677. The Labute approximate surface area is 137 Å². The molecule has 0 aliphatic rings. The number of rotatable bonds is 4. The highest BCUT2D eigenvalue weighted by atomic mass is 16.4. The SMILES string of the molecule is Cc1cc(Nc2cccc(C(=O)O)c2)c2cc(C(=O)O)ccc2n1. The normalized spacial score (nSPS) is 10.5. The van der Waals surface area contributed by atoms with Crippen LogP contribution in [-0.4, -0.2) is 27.1 Å². The molecule has 1 aromatic heterocycles. The van der Waals surface area contributed by atoms with Crippen LogP contribution in [0.2, 0.25) is 0 Å². The van der Waals surface area contributed by atoms with Crippen LogP contribution < -0.4 is 5.32 Å². The van der Waals surface area contributed by atoms with Crippen LogP contribution in [-0.2, 0) is 0 Å².